The molecule has 1 atom stereocenters. The van der Waals surface area contributed by atoms with Crippen LogP contribution in [0.4, 0.5) is 0 Å². The molecule has 2 aromatic rings. The Morgan fingerprint density at radius 2 is 1.76 bits per heavy atom. The molecule has 1 saturated heterocycles. The van der Waals surface area contributed by atoms with Crippen LogP contribution >= 0.6 is 11.3 Å². The smallest absolute Gasteiger partial charge is 0.242 e. The zero-order valence-corrected chi connectivity index (χ0v) is 21.7. The van der Waals surface area contributed by atoms with E-state index in [1.54, 1.807) is 16.2 Å². The number of hydrogen-bond donors (Lipinski definition) is 0. The molecule has 0 radical (unpaired) electrons. The van der Waals surface area contributed by atoms with E-state index in [2.05, 4.69) is 26.0 Å². The predicted molar refractivity (Wildman–Crippen MR) is 139 cm³/mol. The van der Waals surface area contributed by atoms with Gasteiger partial charge in [0.1, 0.15) is 0 Å². The van der Waals surface area contributed by atoms with Gasteiger partial charge in [-0.3, -0.25) is 9.59 Å². The molecule has 6 heteroatoms. The van der Waals surface area contributed by atoms with Crippen molar-refractivity contribution in [3.05, 3.63) is 57.8 Å². The average molecular weight is 485 g/mol. The highest BCUT2D eigenvalue weighted by molar-refractivity contribution is 7.11. The van der Waals surface area contributed by atoms with E-state index in [9.17, 15) is 9.59 Å². The number of ether oxygens (including phenoxy) is 1. The Bertz CT molecular complexity index is 877. The average Bonchev–Trinajstić information content (AvgIpc) is 3.50. The van der Waals surface area contributed by atoms with Gasteiger partial charge in [0.05, 0.1) is 19.2 Å². The lowest BCUT2D eigenvalue weighted by molar-refractivity contribution is -0.142. The van der Waals surface area contributed by atoms with E-state index in [0.717, 1.165) is 42.7 Å². The van der Waals surface area contributed by atoms with Crippen molar-refractivity contribution in [2.24, 2.45) is 0 Å². The van der Waals surface area contributed by atoms with Crippen molar-refractivity contribution in [1.29, 1.82) is 0 Å². The van der Waals surface area contributed by atoms with Crippen molar-refractivity contribution >= 4 is 23.2 Å². The van der Waals surface area contributed by atoms with Gasteiger partial charge in [0.25, 0.3) is 0 Å². The van der Waals surface area contributed by atoms with Crippen molar-refractivity contribution in [3.8, 4) is 0 Å². The number of carbonyl (C=O) groups excluding carboxylic acids is 2. The third kappa shape index (κ3) is 8.88. The summed E-state index contributed by atoms with van der Waals surface area (Å²) in [6.45, 7) is 6.75. The van der Waals surface area contributed by atoms with Crippen molar-refractivity contribution < 1.29 is 14.3 Å². The number of carbonyl (C=O) groups is 2. The first-order valence-electron chi connectivity index (χ1n) is 12.8. The molecule has 1 aliphatic heterocycles. The fourth-order valence-electron chi connectivity index (χ4n) is 4.38. The fraction of sp³-hybridized carbons (Fsp3) is 0.571. The van der Waals surface area contributed by atoms with Gasteiger partial charge in [-0.05, 0) is 43.9 Å². The van der Waals surface area contributed by atoms with E-state index in [1.807, 2.05) is 35.2 Å². The van der Waals surface area contributed by atoms with Crippen LogP contribution in [0.2, 0.25) is 0 Å². The van der Waals surface area contributed by atoms with Gasteiger partial charge in [-0.1, -0.05) is 62.9 Å². The van der Waals surface area contributed by atoms with Gasteiger partial charge in [0.15, 0.2) is 0 Å². The molecule has 0 aliphatic carbocycles. The first-order valence-corrected chi connectivity index (χ1v) is 13.6. The van der Waals surface area contributed by atoms with Crippen LogP contribution in [0.1, 0.15) is 73.6 Å². The summed E-state index contributed by atoms with van der Waals surface area (Å²) in [6, 6.07) is 14.3. The minimum atomic E-state index is -0.00719. The summed E-state index contributed by atoms with van der Waals surface area (Å²) in [5, 5.41) is 0. The largest absolute Gasteiger partial charge is 0.376 e. The SMILES string of the molecule is CCCCCCCC(=O)N(CC(=O)N(Cc1ccccc1)Cc1ccc(C)s1)CC1CCCO1. The lowest BCUT2D eigenvalue weighted by Crippen LogP contribution is -2.45. The van der Waals surface area contributed by atoms with Crippen LogP contribution in [0.25, 0.3) is 0 Å². The second-order valence-electron chi connectivity index (χ2n) is 9.32. The lowest BCUT2D eigenvalue weighted by atomic mass is 10.1. The molecule has 2 amide bonds. The lowest BCUT2D eigenvalue weighted by Gasteiger charge is -2.29. The minimum Gasteiger partial charge on any atom is -0.376 e. The van der Waals surface area contributed by atoms with Gasteiger partial charge in [0, 0.05) is 35.9 Å². The quantitative estimate of drug-likeness (QED) is 0.311. The van der Waals surface area contributed by atoms with E-state index < -0.39 is 0 Å². The van der Waals surface area contributed by atoms with Crippen LogP contribution in [0.5, 0.6) is 0 Å². The number of amides is 2. The second-order valence-corrected chi connectivity index (χ2v) is 10.7. The third-order valence-electron chi connectivity index (χ3n) is 6.33. The molecule has 1 unspecified atom stereocenters. The van der Waals surface area contributed by atoms with Crippen LogP contribution in [-0.4, -0.2) is 47.4 Å². The van der Waals surface area contributed by atoms with Crippen molar-refractivity contribution in [2.75, 3.05) is 19.7 Å². The van der Waals surface area contributed by atoms with Crippen molar-refractivity contribution in [1.82, 2.24) is 9.80 Å². The van der Waals surface area contributed by atoms with E-state index >= 15 is 0 Å². The molecule has 34 heavy (non-hydrogen) atoms. The van der Waals surface area contributed by atoms with Crippen LogP contribution in [0.15, 0.2) is 42.5 Å². The summed E-state index contributed by atoms with van der Waals surface area (Å²) in [5.41, 5.74) is 1.09. The highest BCUT2D eigenvalue weighted by Crippen LogP contribution is 2.20. The number of benzene rings is 1. The molecule has 186 valence electrons. The number of unbranched alkanes of at least 4 members (excludes halogenated alkanes) is 4. The maximum absolute atomic E-state index is 13.6. The van der Waals surface area contributed by atoms with Gasteiger partial charge >= 0.3 is 0 Å². The van der Waals surface area contributed by atoms with Crippen LogP contribution in [-0.2, 0) is 27.4 Å². The zero-order valence-electron chi connectivity index (χ0n) is 20.8. The van der Waals surface area contributed by atoms with E-state index in [0.29, 0.717) is 26.1 Å². The Hall–Kier alpha value is -2.18. The summed E-state index contributed by atoms with van der Waals surface area (Å²) in [5.74, 6) is 0.0687. The summed E-state index contributed by atoms with van der Waals surface area (Å²) >= 11 is 1.72. The maximum atomic E-state index is 13.6. The highest BCUT2D eigenvalue weighted by Gasteiger charge is 2.26. The van der Waals surface area contributed by atoms with Gasteiger partial charge in [-0.15, -0.1) is 11.3 Å². The van der Waals surface area contributed by atoms with Gasteiger partial charge in [-0.25, -0.2) is 0 Å². The Kier molecular flexibility index (Phi) is 11.1. The number of hydrogen-bond acceptors (Lipinski definition) is 4. The van der Waals surface area contributed by atoms with E-state index in [-0.39, 0.29) is 24.5 Å². The molecule has 0 N–H and O–H groups in total. The Morgan fingerprint density at radius 1 is 0.971 bits per heavy atom. The molecule has 3 rings (SSSR count). The molecule has 0 saturated carbocycles. The number of thiophene rings is 1. The van der Waals surface area contributed by atoms with Crippen LogP contribution in [0.3, 0.4) is 0 Å². The molecular formula is C28H40N2O3S. The molecule has 0 spiro atoms. The summed E-state index contributed by atoms with van der Waals surface area (Å²) in [7, 11) is 0. The molecule has 5 nitrogen and oxygen atoms in total. The molecule has 2 heterocycles. The van der Waals surface area contributed by atoms with Crippen LogP contribution in [0, 0.1) is 6.92 Å². The zero-order chi connectivity index (χ0) is 24.2. The molecule has 1 aromatic carbocycles. The van der Waals surface area contributed by atoms with Crippen LogP contribution < -0.4 is 0 Å². The Balaban J connectivity index is 1.67. The number of aryl methyl sites for hydroxylation is 1. The monoisotopic (exact) mass is 484 g/mol. The van der Waals surface area contributed by atoms with Gasteiger partial charge in [-0.2, -0.15) is 0 Å². The van der Waals surface area contributed by atoms with E-state index in [1.165, 1.54) is 24.1 Å². The fourth-order valence-corrected chi connectivity index (χ4v) is 5.29. The molecule has 1 aliphatic rings. The summed E-state index contributed by atoms with van der Waals surface area (Å²) in [4.78, 5) is 32.7. The first kappa shape index (κ1) is 26.4. The maximum Gasteiger partial charge on any atom is 0.242 e. The van der Waals surface area contributed by atoms with Crippen molar-refractivity contribution in [2.45, 2.75) is 84.4 Å². The summed E-state index contributed by atoms with van der Waals surface area (Å²) < 4.78 is 5.81. The predicted octanol–water partition coefficient (Wildman–Crippen LogP) is 5.95. The molecule has 0 bridgehead atoms. The molecule has 1 fully saturated rings. The normalized spacial score (nSPS) is 15.4. The summed E-state index contributed by atoms with van der Waals surface area (Å²) in [6.07, 6.45) is 8.05. The Morgan fingerprint density at radius 3 is 2.44 bits per heavy atom. The number of nitrogens with zero attached hydrogens (tertiary/aromatic N) is 2. The minimum absolute atomic E-state index is 0.00719. The highest BCUT2D eigenvalue weighted by atomic mass is 32.1. The third-order valence-corrected chi connectivity index (χ3v) is 7.32. The molecular weight excluding hydrogens is 444 g/mol. The Labute approximate surface area is 209 Å². The van der Waals surface area contributed by atoms with Gasteiger partial charge in [0.2, 0.25) is 11.8 Å². The topological polar surface area (TPSA) is 49.9 Å². The van der Waals surface area contributed by atoms with Crippen molar-refractivity contribution in [3.63, 3.8) is 0 Å². The standard InChI is InChI=1S/C28H40N2O3S/c1-3-4-5-6-10-15-27(31)30(20-25-14-11-18-33-25)22-28(32)29(19-24-12-8-7-9-13-24)21-26-17-16-23(2)34-26/h7-9,12-13,16-17,25H,3-6,10-11,14-15,18-22H2,1-2H3. The van der Waals surface area contributed by atoms with E-state index in [4.69, 9.17) is 4.74 Å². The molecule has 1 aromatic heterocycles. The second kappa shape index (κ2) is 14.3. The number of rotatable bonds is 14. The van der Waals surface area contributed by atoms with Gasteiger partial charge < -0.3 is 14.5 Å². The first-order chi connectivity index (χ1) is 16.5.